The van der Waals surface area contributed by atoms with Crippen LogP contribution in [0, 0.1) is 0 Å². The predicted molar refractivity (Wildman–Crippen MR) is 62.3 cm³/mol. The Morgan fingerprint density at radius 2 is 2.05 bits per heavy atom. The standard InChI is InChI=1S/C12H11F2N3O2/c1-2-19-12(18)9-10(11(13)14)17(16-15-9)8-6-4-3-5-7-8/h3-7,11H,2H2,1H3. The highest BCUT2D eigenvalue weighted by Gasteiger charge is 2.28. The number of ether oxygens (including phenoxy) is 1. The summed E-state index contributed by atoms with van der Waals surface area (Å²) in [5.74, 6) is -0.903. The first-order chi connectivity index (χ1) is 9.15. The van der Waals surface area contributed by atoms with E-state index in [1.165, 1.54) is 0 Å². The number of aromatic nitrogens is 3. The van der Waals surface area contributed by atoms with Crippen molar-refractivity contribution in [2.45, 2.75) is 13.3 Å². The van der Waals surface area contributed by atoms with Crippen molar-refractivity contribution < 1.29 is 18.3 Å². The van der Waals surface area contributed by atoms with Crippen molar-refractivity contribution in [3.63, 3.8) is 0 Å². The van der Waals surface area contributed by atoms with Crippen molar-refractivity contribution in [3.8, 4) is 5.69 Å². The van der Waals surface area contributed by atoms with Gasteiger partial charge in [-0.3, -0.25) is 0 Å². The normalized spacial score (nSPS) is 10.7. The van der Waals surface area contributed by atoms with Gasteiger partial charge in [-0.1, -0.05) is 23.4 Å². The Morgan fingerprint density at radius 3 is 2.63 bits per heavy atom. The largest absolute Gasteiger partial charge is 0.461 e. The van der Waals surface area contributed by atoms with Gasteiger partial charge < -0.3 is 4.74 Å². The molecule has 0 N–H and O–H groups in total. The van der Waals surface area contributed by atoms with Crippen molar-refractivity contribution in [3.05, 3.63) is 41.7 Å². The van der Waals surface area contributed by atoms with Crippen LogP contribution in [0.1, 0.15) is 29.5 Å². The molecule has 0 spiro atoms. The topological polar surface area (TPSA) is 57.0 Å². The third kappa shape index (κ3) is 2.59. The molecule has 0 saturated carbocycles. The van der Waals surface area contributed by atoms with Gasteiger partial charge in [-0.05, 0) is 19.1 Å². The fraction of sp³-hybridized carbons (Fsp3) is 0.250. The van der Waals surface area contributed by atoms with E-state index in [-0.39, 0.29) is 6.61 Å². The van der Waals surface area contributed by atoms with Gasteiger partial charge in [0.2, 0.25) is 0 Å². The minimum atomic E-state index is -2.88. The summed E-state index contributed by atoms with van der Waals surface area (Å²) in [5, 5.41) is 7.09. The van der Waals surface area contributed by atoms with Crippen molar-refractivity contribution in [1.29, 1.82) is 0 Å². The van der Waals surface area contributed by atoms with Crippen LogP contribution in [0.25, 0.3) is 5.69 Å². The van der Waals surface area contributed by atoms with Crippen LogP contribution in [-0.4, -0.2) is 27.6 Å². The molecule has 0 fully saturated rings. The van der Waals surface area contributed by atoms with Gasteiger partial charge in [-0.25, -0.2) is 18.3 Å². The summed E-state index contributed by atoms with van der Waals surface area (Å²) in [6.07, 6.45) is -2.88. The quantitative estimate of drug-likeness (QED) is 0.798. The van der Waals surface area contributed by atoms with E-state index >= 15 is 0 Å². The molecule has 1 aromatic carbocycles. The van der Waals surface area contributed by atoms with E-state index < -0.39 is 23.8 Å². The Bertz CT molecular complexity index is 570. The lowest BCUT2D eigenvalue weighted by Gasteiger charge is -2.06. The second-order valence-corrected chi connectivity index (χ2v) is 3.59. The van der Waals surface area contributed by atoms with Crippen molar-refractivity contribution in [1.82, 2.24) is 15.0 Å². The van der Waals surface area contributed by atoms with E-state index in [4.69, 9.17) is 0 Å². The molecule has 19 heavy (non-hydrogen) atoms. The van der Waals surface area contributed by atoms with Crippen LogP contribution < -0.4 is 0 Å². The number of esters is 1. The zero-order chi connectivity index (χ0) is 13.8. The number of para-hydroxylation sites is 1. The first-order valence-corrected chi connectivity index (χ1v) is 5.61. The molecule has 1 aromatic heterocycles. The van der Waals surface area contributed by atoms with E-state index in [9.17, 15) is 13.6 Å². The third-order valence-corrected chi connectivity index (χ3v) is 2.38. The molecule has 100 valence electrons. The van der Waals surface area contributed by atoms with Gasteiger partial charge in [0.1, 0.15) is 5.69 Å². The lowest BCUT2D eigenvalue weighted by molar-refractivity contribution is 0.0507. The number of halogens is 2. The van der Waals surface area contributed by atoms with Gasteiger partial charge in [-0.2, -0.15) is 0 Å². The summed E-state index contributed by atoms with van der Waals surface area (Å²) < 4.78 is 31.8. The first kappa shape index (κ1) is 13.1. The van der Waals surface area contributed by atoms with Gasteiger partial charge in [0, 0.05) is 0 Å². The summed E-state index contributed by atoms with van der Waals surface area (Å²) in [6, 6.07) is 8.28. The van der Waals surface area contributed by atoms with Crippen LogP contribution in [0.2, 0.25) is 0 Å². The van der Waals surface area contributed by atoms with Gasteiger partial charge in [0.15, 0.2) is 5.69 Å². The fourth-order valence-corrected chi connectivity index (χ4v) is 1.59. The molecule has 0 saturated heterocycles. The molecule has 0 unspecified atom stereocenters. The Kier molecular flexibility index (Phi) is 3.84. The highest BCUT2D eigenvalue weighted by atomic mass is 19.3. The molecule has 0 atom stereocenters. The number of carbonyl (C=O) groups excluding carboxylic acids is 1. The van der Waals surface area contributed by atoms with E-state index in [0.29, 0.717) is 5.69 Å². The number of benzene rings is 1. The minimum absolute atomic E-state index is 0.0830. The molecule has 0 amide bonds. The third-order valence-electron chi connectivity index (χ3n) is 2.38. The highest BCUT2D eigenvalue weighted by Crippen LogP contribution is 2.24. The zero-order valence-electron chi connectivity index (χ0n) is 10.1. The molecule has 0 bridgehead atoms. The van der Waals surface area contributed by atoms with Gasteiger partial charge in [0.05, 0.1) is 12.3 Å². The lowest BCUT2D eigenvalue weighted by Crippen LogP contribution is -2.10. The number of hydrogen-bond acceptors (Lipinski definition) is 4. The van der Waals surface area contributed by atoms with Crippen LogP contribution in [-0.2, 0) is 4.74 Å². The van der Waals surface area contributed by atoms with Crippen molar-refractivity contribution in [2.75, 3.05) is 6.61 Å². The SMILES string of the molecule is CCOC(=O)c1nnn(-c2ccccc2)c1C(F)F. The van der Waals surface area contributed by atoms with E-state index in [1.54, 1.807) is 37.3 Å². The van der Waals surface area contributed by atoms with Crippen molar-refractivity contribution >= 4 is 5.97 Å². The van der Waals surface area contributed by atoms with Crippen LogP contribution in [0.5, 0.6) is 0 Å². The number of hydrogen-bond donors (Lipinski definition) is 0. The monoisotopic (exact) mass is 267 g/mol. The molecular weight excluding hydrogens is 256 g/mol. The molecule has 0 aliphatic rings. The van der Waals surface area contributed by atoms with Gasteiger partial charge >= 0.3 is 5.97 Å². The molecule has 2 aromatic rings. The summed E-state index contributed by atoms with van der Waals surface area (Å²) in [5.41, 5.74) is -0.619. The maximum Gasteiger partial charge on any atom is 0.361 e. The average molecular weight is 267 g/mol. The number of carbonyl (C=O) groups is 1. The molecule has 0 aliphatic carbocycles. The Balaban J connectivity index is 2.49. The van der Waals surface area contributed by atoms with Crippen LogP contribution in [0.15, 0.2) is 30.3 Å². The number of alkyl halides is 2. The predicted octanol–water partition coefficient (Wildman–Crippen LogP) is 2.38. The second-order valence-electron chi connectivity index (χ2n) is 3.59. The van der Waals surface area contributed by atoms with Crippen LogP contribution in [0.4, 0.5) is 8.78 Å². The Labute approximate surface area is 107 Å². The molecule has 7 heteroatoms. The molecule has 0 radical (unpaired) electrons. The van der Waals surface area contributed by atoms with E-state index in [0.717, 1.165) is 4.68 Å². The number of nitrogens with zero attached hydrogens (tertiary/aromatic N) is 3. The average Bonchev–Trinajstić information content (AvgIpc) is 2.85. The maximum absolute atomic E-state index is 13.1. The summed E-state index contributed by atoms with van der Waals surface area (Å²) in [4.78, 5) is 11.5. The first-order valence-electron chi connectivity index (χ1n) is 5.61. The van der Waals surface area contributed by atoms with Gasteiger partial charge in [0.25, 0.3) is 6.43 Å². The molecule has 5 nitrogen and oxygen atoms in total. The Morgan fingerprint density at radius 1 is 1.37 bits per heavy atom. The molecular formula is C12H11F2N3O2. The van der Waals surface area contributed by atoms with E-state index in [1.807, 2.05) is 0 Å². The van der Waals surface area contributed by atoms with E-state index in [2.05, 4.69) is 15.0 Å². The van der Waals surface area contributed by atoms with Gasteiger partial charge in [-0.15, -0.1) is 5.10 Å². The smallest absolute Gasteiger partial charge is 0.361 e. The maximum atomic E-state index is 13.1. The Hall–Kier alpha value is -2.31. The van der Waals surface area contributed by atoms with Crippen LogP contribution >= 0.6 is 0 Å². The number of rotatable bonds is 4. The summed E-state index contributed by atoms with van der Waals surface area (Å²) >= 11 is 0. The zero-order valence-corrected chi connectivity index (χ0v) is 10.1. The second kappa shape index (κ2) is 5.55. The van der Waals surface area contributed by atoms with Crippen molar-refractivity contribution in [2.24, 2.45) is 0 Å². The lowest BCUT2D eigenvalue weighted by atomic mass is 10.3. The molecule has 1 heterocycles. The molecule has 2 rings (SSSR count). The minimum Gasteiger partial charge on any atom is -0.461 e. The summed E-state index contributed by atoms with van der Waals surface area (Å²) in [6.45, 7) is 1.67. The van der Waals surface area contributed by atoms with Crippen LogP contribution in [0.3, 0.4) is 0 Å². The summed E-state index contributed by atoms with van der Waals surface area (Å²) in [7, 11) is 0. The highest BCUT2D eigenvalue weighted by molar-refractivity contribution is 5.88. The fourth-order valence-electron chi connectivity index (χ4n) is 1.59. The molecule has 0 aliphatic heterocycles.